The molecule has 0 spiro atoms. The summed E-state index contributed by atoms with van der Waals surface area (Å²) in [6.45, 7) is 16.3. The van der Waals surface area contributed by atoms with Crippen LogP contribution in [0.25, 0.3) is 10.9 Å². The summed E-state index contributed by atoms with van der Waals surface area (Å²) < 4.78 is 19.7. The zero-order valence-electron chi connectivity index (χ0n) is 28.7. The highest BCUT2D eigenvalue weighted by atomic mass is 16.5. The van der Waals surface area contributed by atoms with E-state index in [0.29, 0.717) is 56.3 Å². The molecule has 4 heterocycles. The zero-order valence-corrected chi connectivity index (χ0v) is 28.7. The summed E-state index contributed by atoms with van der Waals surface area (Å²) >= 11 is 0. The van der Waals surface area contributed by atoms with E-state index in [1.165, 1.54) is 32.7 Å². The number of aryl methyl sites for hydroxylation is 1. The van der Waals surface area contributed by atoms with E-state index in [1.807, 2.05) is 13.1 Å². The van der Waals surface area contributed by atoms with Crippen molar-refractivity contribution in [2.24, 2.45) is 12.0 Å². The Hall–Kier alpha value is -3.99. The Balaban J connectivity index is 0.841. The van der Waals surface area contributed by atoms with Gasteiger partial charge in [-0.05, 0) is 56.5 Å². The molecule has 3 aliphatic heterocycles. The molecule has 0 radical (unpaired) electrons. The van der Waals surface area contributed by atoms with Gasteiger partial charge in [0.15, 0.2) is 0 Å². The number of aromatic nitrogens is 1. The summed E-state index contributed by atoms with van der Waals surface area (Å²) in [6.07, 6.45) is 5.46. The van der Waals surface area contributed by atoms with Crippen molar-refractivity contribution in [1.29, 1.82) is 0 Å². The first kappa shape index (κ1) is 33.9. The monoisotopic (exact) mass is 655 g/mol. The van der Waals surface area contributed by atoms with Gasteiger partial charge in [-0.3, -0.25) is 24.4 Å². The van der Waals surface area contributed by atoms with E-state index in [-0.39, 0.29) is 17.9 Å². The Morgan fingerprint density at radius 2 is 1.69 bits per heavy atom. The van der Waals surface area contributed by atoms with Crippen LogP contribution in [0.4, 0.5) is 5.69 Å². The number of carbonyl (C=O) groups excluding carboxylic acids is 2. The van der Waals surface area contributed by atoms with Gasteiger partial charge in [0.2, 0.25) is 0 Å². The number of carbonyl (C=O) groups is 2. The van der Waals surface area contributed by atoms with Crippen molar-refractivity contribution in [3.63, 3.8) is 0 Å². The third-order valence-corrected chi connectivity index (χ3v) is 9.95. The SMILES string of the molecule is C=C(CC)CCC(C)N1C(=O)c2ccc(OCCOCCOCCN3CCN(c4ccc5c6c(n(C)c5c4)CCN=C6)CC3)cc2C1=O. The van der Waals surface area contributed by atoms with Gasteiger partial charge >= 0.3 is 0 Å². The molecule has 0 aliphatic carbocycles. The summed E-state index contributed by atoms with van der Waals surface area (Å²) in [5.41, 5.74) is 7.20. The van der Waals surface area contributed by atoms with E-state index >= 15 is 0 Å². The fraction of sp³-hybridized carbons (Fsp3) is 0.500. The number of amides is 2. The van der Waals surface area contributed by atoms with Crippen molar-refractivity contribution < 1.29 is 23.8 Å². The maximum absolute atomic E-state index is 13.0. The van der Waals surface area contributed by atoms with Crippen LogP contribution in [0.2, 0.25) is 0 Å². The van der Waals surface area contributed by atoms with Gasteiger partial charge in [-0.15, -0.1) is 0 Å². The molecule has 48 heavy (non-hydrogen) atoms. The molecule has 10 heteroatoms. The second-order valence-corrected chi connectivity index (χ2v) is 13.0. The van der Waals surface area contributed by atoms with Crippen molar-refractivity contribution in [3.8, 4) is 5.75 Å². The van der Waals surface area contributed by atoms with Crippen molar-refractivity contribution >= 4 is 34.6 Å². The number of fused-ring (bicyclic) bond motifs is 4. The van der Waals surface area contributed by atoms with Crippen LogP contribution >= 0.6 is 0 Å². The first-order valence-electron chi connectivity index (χ1n) is 17.4. The van der Waals surface area contributed by atoms with Gasteiger partial charge in [0.05, 0.1) is 43.1 Å². The topological polar surface area (TPSA) is 88.8 Å². The van der Waals surface area contributed by atoms with Gasteiger partial charge in [0, 0.05) is 87.3 Å². The summed E-state index contributed by atoms with van der Waals surface area (Å²) in [6, 6.07) is 11.8. The lowest BCUT2D eigenvalue weighted by Gasteiger charge is -2.36. The van der Waals surface area contributed by atoms with Crippen molar-refractivity contribution in [2.75, 3.05) is 77.2 Å². The molecule has 1 saturated heterocycles. The number of benzene rings is 2. The number of hydrogen-bond donors (Lipinski definition) is 0. The van der Waals surface area contributed by atoms with Crippen LogP contribution in [-0.4, -0.2) is 111 Å². The second kappa shape index (κ2) is 15.5. The Morgan fingerprint density at radius 3 is 2.48 bits per heavy atom. The number of rotatable bonds is 16. The molecule has 1 atom stereocenters. The molecule has 2 aromatic carbocycles. The Labute approximate surface area is 283 Å². The Morgan fingerprint density at radius 1 is 0.938 bits per heavy atom. The molecule has 0 N–H and O–H groups in total. The second-order valence-electron chi connectivity index (χ2n) is 13.0. The van der Waals surface area contributed by atoms with Gasteiger partial charge in [0.1, 0.15) is 12.4 Å². The van der Waals surface area contributed by atoms with Crippen molar-refractivity contribution in [1.82, 2.24) is 14.4 Å². The van der Waals surface area contributed by atoms with Gasteiger partial charge in [0.25, 0.3) is 11.8 Å². The minimum atomic E-state index is -0.260. The number of imide groups is 1. The number of ether oxygens (including phenoxy) is 3. The lowest BCUT2D eigenvalue weighted by atomic mass is 10.1. The first-order valence-corrected chi connectivity index (χ1v) is 17.4. The van der Waals surface area contributed by atoms with Gasteiger partial charge in [-0.1, -0.05) is 25.1 Å². The van der Waals surface area contributed by atoms with Crippen molar-refractivity contribution in [3.05, 3.63) is 70.9 Å². The minimum Gasteiger partial charge on any atom is -0.491 e. The minimum absolute atomic E-state index is 0.186. The maximum atomic E-state index is 13.0. The summed E-state index contributed by atoms with van der Waals surface area (Å²) in [4.78, 5) is 36.8. The molecule has 256 valence electrons. The van der Waals surface area contributed by atoms with E-state index in [1.54, 1.807) is 18.2 Å². The van der Waals surface area contributed by atoms with Crippen LogP contribution in [0.1, 0.15) is 65.1 Å². The summed E-state index contributed by atoms with van der Waals surface area (Å²) in [7, 11) is 2.17. The highest BCUT2D eigenvalue weighted by Crippen LogP contribution is 2.31. The highest BCUT2D eigenvalue weighted by Gasteiger charge is 2.38. The molecule has 0 bridgehead atoms. The quantitative estimate of drug-likeness (QED) is 0.120. The van der Waals surface area contributed by atoms with Crippen LogP contribution in [0.5, 0.6) is 5.75 Å². The van der Waals surface area contributed by atoms with E-state index in [9.17, 15) is 9.59 Å². The normalized spacial score (nSPS) is 16.9. The molecule has 10 nitrogen and oxygen atoms in total. The van der Waals surface area contributed by atoms with Crippen LogP contribution < -0.4 is 9.64 Å². The predicted molar refractivity (Wildman–Crippen MR) is 190 cm³/mol. The molecule has 0 saturated carbocycles. The van der Waals surface area contributed by atoms with Crippen LogP contribution in [-0.2, 0) is 22.9 Å². The largest absolute Gasteiger partial charge is 0.491 e. The highest BCUT2D eigenvalue weighted by molar-refractivity contribution is 6.21. The Kier molecular flexibility index (Phi) is 10.9. The number of aliphatic imine (C=N–C) groups is 1. The lowest BCUT2D eigenvalue weighted by Crippen LogP contribution is -2.47. The number of piperazine rings is 1. The van der Waals surface area contributed by atoms with Crippen LogP contribution in [0.3, 0.4) is 0 Å². The molecule has 1 fully saturated rings. The summed E-state index contributed by atoms with van der Waals surface area (Å²) in [5, 5.41) is 1.30. The third-order valence-electron chi connectivity index (χ3n) is 9.95. The number of nitrogens with zero attached hydrogens (tertiary/aromatic N) is 5. The number of hydrogen-bond acceptors (Lipinski definition) is 8. The zero-order chi connectivity index (χ0) is 33.6. The Bertz CT molecular complexity index is 1670. The average molecular weight is 656 g/mol. The van der Waals surface area contributed by atoms with Crippen molar-refractivity contribution in [2.45, 2.75) is 45.6 Å². The third kappa shape index (κ3) is 7.36. The number of allylic oxidation sites excluding steroid dienone is 1. The standard InChI is InChI=1S/C38H49N5O5/c1-5-27(2)6-7-28(3)43-37(44)32-11-9-30(25-33(32)38(43)45)48-23-22-47-21-20-46-19-18-41-14-16-42(17-15-41)29-8-10-31-34-26-39-13-12-35(34)40(4)36(31)24-29/h8-11,24-26,28H,2,5-7,12-23H2,1,3-4H3. The molecule has 6 rings (SSSR count). The molecule has 3 aromatic rings. The molecular weight excluding hydrogens is 606 g/mol. The fourth-order valence-electron chi connectivity index (χ4n) is 6.89. The van der Waals surface area contributed by atoms with E-state index in [0.717, 1.165) is 64.1 Å². The van der Waals surface area contributed by atoms with E-state index < -0.39 is 0 Å². The van der Waals surface area contributed by atoms with E-state index in [4.69, 9.17) is 14.2 Å². The van der Waals surface area contributed by atoms with Crippen LogP contribution in [0.15, 0.2) is 53.5 Å². The fourth-order valence-corrected chi connectivity index (χ4v) is 6.89. The molecular formula is C38H49N5O5. The van der Waals surface area contributed by atoms with Gasteiger partial charge in [-0.25, -0.2) is 0 Å². The molecule has 1 aromatic heterocycles. The van der Waals surface area contributed by atoms with E-state index in [2.05, 4.69) is 58.1 Å². The lowest BCUT2D eigenvalue weighted by molar-refractivity contribution is 0.0288. The molecule has 3 aliphatic rings. The summed E-state index contributed by atoms with van der Waals surface area (Å²) in [5.74, 6) is 0.0545. The number of anilines is 1. The van der Waals surface area contributed by atoms with Crippen LogP contribution in [0, 0.1) is 0 Å². The van der Waals surface area contributed by atoms with Gasteiger partial charge in [-0.2, -0.15) is 0 Å². The first-order chi connectivity index (χ1) is 23.4. The maximum Gasteiger partial charge on any atom is 0.261 e. The average Bonchev–Trinajstić information content (AvgIpc) is 3.54. The molecule has 2 amide bonds. The van der Waals surface area contributed by atoms with Gasteiger partial charge < -0.3 is 23.7 Å². The molecule has 1 unspecified atom stereocenters. The predicted octanol–water partition coefficient (Wildman–Crippen LogP) is 5.12. The smallest absolute Gasteiger partial charge is 0.261 e.